The fraction of sp³-hybridized carbons (Fsp3) is 0.524. The van der Waals surface area contributed by atoms with Crippen molar-refractivity contribution in [3.63, 3.8) is 0 Å². The number of nitrogens with zero attached hydrogens (tertiary/aromatic N) is 6. The number of rotatable bonds is 6. The zero-order valence-corrected chi connectivity index (χ0v) is 20.1. The van der Waals surface area contributed by atoms with Gasteiger partial charge >= 0.3 is 0 Å². The molecular formula is C21H21F2N7O3S2. The van der Waals surface area contributed by atoms with E-state index in [1.807, 2.05) is 6.07 Å². The summed E-state index contributed by atoms with van der Waals surface area (Å²) in [6.45, 7) is 2.77. The molecule has 0 bridgehead atoms. The van der Waals surface area contributed by atoms with E-state index in [0.717, 1.165) is 19.4 Å². The molecule has 1 aliphatic carbocycles. The third-order valence-electron chi connectivity index (χ3n) is 6.86. The van der Waals surface area contributed by atoms with Crippen molar-refractivity contribution >= 4 is 38.0 Å². The molecule has 0 amide bonds. The van der Waals surface area contributed by atoms with Crippen LogP contribution in [0.5, 0.6) is 0 Å². The molecule has 1 spiro atoms. The Hall–Kier alpha value is -2.73. The van der Waals surface area contributed by atoms with Gasteiger partial charge in [-0.1, -0.05) is 11.3 Å². The summed E-state index contributed by atoms with van der Waals surface area (Å²) < 4.78 is 62.2. The third kappa shape index (κ3) is 3.86. The minimum atomic E-state index is -4.04. The van der Waals surface area contributed by atoms with Crippen molar-refractivity contribution in [1.29, 1.82) is 5.26 Å². The first-order chi connectivity index (χ1) is 16.7. The number of sulfonamides is 1. The minimum absolute atomic E-state index is 0.0219. The van der Waals surface area contributed by atoms with Crippen LogP contribution in [0.2, 0.25) is 0 Å². The molecule has 6 rings (SSSR count). The van der Waals surface area contributed by atoms with Gasteiger partial charge in [0.15, 0.2) is 5.01 Å². The Morgan fingerprint density at radius 1 is 1.23 bits per heavy atom. The number of alkyl halides is 2. The van der Waals surface area contributed by atoms with Gasteiger partial charge in [0.2, 0.25) is 15.2 Å². The zero-order chi connectivity index (χ0) is 24.4. The number of halogens is 2. The first-order valence-electron chi connectivity index (χ1n) is 11.1. The predicted molar refractivity (Wildman–Crippen MR) is 122 cm³/mol. The summed E-state index contributed by atoms with van der Waals surface area (Å²) in [5, 5.41) is 21.5. The van der Waals surface area contributed by atoms with E-state index in [0.29, 0.717) is 60.5 Å². The van der Waals surface area contributed by atoms with Gasteiger partial charge in [0, 0.05) is 29.6 Å². The molecule has 14 heteroatoms. The fourth-order valence-corrected chi connectivity index (χ4v) is 6.86. The average Bonchev–Trinajstić information content (AvgIpc) is 3.21. The number of ether oxygens (including phenoxy) is 1. The van der Waals surface area contributed by atoms with Crippen LogP contribution in [0.15, 0.2) is 23.2 Å². The van der Waals surface area contributed by atoms with Gasteiger partial charge in [-0.15, -0.1) is 10.2 Å². The van der Waals surface area contributed by atoms with Crippen LogP contribution in [0.4, 0.5) is 14.5 Å². The monoisotopic (exact) mass is 521 g/mol. The van der Waals surface area contributed by atoms with E-state index in [2.05, 4.69) is 24.9 Å². The van der Waals surface area contributed by atoms with E-state index in [-0.39, 0.29) is 15.4 Å². The molecule has 184 valence electrons. The highest BCUT2D eigenvalue weighted by molar-refractivity contribution is 7.89. The van der Waals surface area contributed by atoms with Gasteiger partial charge in [-0.2, -0.15) is 15.1 Å². The number of nitrogens with one attached hydrogen (secondary N) is 1. The SMILES string of the molecule is N#CC1(NS(=O)(=O)c2cc(N3CCCC4(COC4)C3)c3cnn(-c4nnc(C(F)F)s4)c3c2)CC1. The number of fused-ring (bicyclic) bond motifs is 1. The molecule has 3 fully saturated rings. The molecule has 2 aromatic heterocycles. The van der Waals surface area contributed by atoms with Gasteiger partial charge < -0.3 is 9.64 Å². The average molecular weight is 522 g/mol. The summed E-state index contributed by atoms with van der Waals surface area (Å²) in [5.41, 5.74) is 0.0439. The van der Waals surface area contributed by atoms with Gasteiger partial charge in [0.05, 0.1) is 35.9 Å². The highest BCUT2D eigenvalue weighted by atomic mass is 32.2. The van der Waals surface area contributed by atoms with E-state index in [1.165, 1.54) is 10.7 Å². The number of benzene rings is 1. The molecule has 2 saturated heterocycles. The highest BCUT2D eigenvalue weighted by Gasteiger charge is 2.47. The van der Waals surface area contributed by atoms with Crippen LogP contribution in [-0.4, -0.2) is 60.2 Å². The van der Waals surface area contributed by atoms with Crippen LogP contribution >= 0.6 is 11.3 Å². The molecule has 1 aromatic carbocycles. The van der Waals surface area contributed by atoms with Crippen LogP contribution in [0, 0.1) is 16.7 Å². The number of nitriles is 1. The van der Waals surface area contributed by atoms with Gasteiger partial charge in [-0.05, 0) is 37.8 Å². The Bertz CT molecular complexity index is 1460. The maximum atomic E-state index is 13.3. The Balaban J connectivity index is 1.49. The summed E-state index contributed by atoms with van der Waals surface area (Å²) in [4.78, 5) is 2.12. The zero-order valence-electron chi connectivity index (χ0n) is 18.4. The molecule has 3 aliphatic rings. The predicted octanol–water partition coefficient (Wildman–Crippen LogP) is 2.77. The molecular weight excluding hydrogens is 500 g/mol. The second-order valence-corrected chi connectivity index (χ2v) is 12.1. The summed E-state index contributed by atoms with van der Waals surface area (Å²) >= 11 is 0.694. The van der Waals surface area contributed by atoms with E-state index in [1.54, 1.807) is 12.3 Å². The Morgan fingerprint density at radius 2 is 2.03 bits per heavy atom. The number of anilines is 1. The third-order valence-corrected chi connectivity index (χ3v) is 9.28. The van der Waals surface area contributed by atoms with Gasteiger partial charge in [-0.25, -0.2) is 21.9 Å². The van der Waals surface area contributed by atoms with E-state index in [4.69, 9.17) is 4.74 Å². The van der Waals surface area contributed by atoms with E-state index < -0.39 is 27.0 Å². The minimum Gasteiger partial charge on any atom is -0.380 e. The summed E-state index contributed by atoms with van der Waals surface area (Å²) in [6.07, 6.45) is 1.69. The number of hydrogen-bond acceptors (Lipinski definition) is 9. The topological polar surface area (TPSA) is 126 Å². The van der Waals surface area contributed by atoms with Gasteiger partial charge in [0.1, 0.15) is 5.54 Å². The Kier molecular flexibility index (Phi) is 5.12. The van der Waals surface area contributed by atoms with Crippen molar-refractivity contribution in [2.45, 2.75) is 42.5 Å². The largest absolute Gasteiger partial charge is 0.380 e. The molecule has 2 aliphatic heterocycles. The molecule has 3 aromatic rings. The molecule has 1 N–H and O–H groups in total. The number of hydrogen-bond donors (Lipinski definition) is 1. The highest BCUT2D eigenvalue weighted by Crippen LogP contribution is 2.42. The van der Waals surface area contributed by atoms with Crippen molar-refractivity contribution in [2.24, 2.45) is 5.41 Å². The maximum Gasteiger partial charge on any atom is 0.291 e. The van der Waals surface area contributed by atoms with Crippen LogP contribution in [0.3, 0.4) is 0 Å². The van der Waals surface area contributed by atoms with Crippen LogP contribution in [0.1, 0.15) is 37.1 Å². The summed E-state index contributed by atoms with van der Waals surface area (Å²) in [5.74, 6) is 0. The van der Waals surface area contributed by atoms with Crippen LogP contribution in [-0.2, 0) is 14.8 Å². The van der Waals surface area contributed by atoms with E-state index in [9.17, 15) is 22.5 Å². The van der Waals surface area contributed by atoms with Crippen molar-refractivity contribution in [2.75, 3.05) is 31.2 Å². The van der Waals surface area contributed by atoms with E-state index >= 15 is 0 Å². The first-order valence-corrected chi connectivity index (χ1v) is 13.4. The number of piperidine rings is 1. The standard InChI is InChI=1S/C21H21F2N7O3S2/c22-17(23)18-26-27-19(34-18)30-16-7-13(35(31,32)28-21(9-24)3-4-21)6-15(14(16)8-25-30)29-5-1-2-20(10-29)11-33-12-20/h6-8,17,28H,1-5,10-12H2. The molecule has 0 atom stereocenters. The molecule has 1 saturated carbocycles. The molecule has 0 radical (unpaired) electrons. The molecule has 10 nitrogen and oxygen atoms in total. The van der Waals surface area contributed by atoms with Crippen LogP contribution in [0.25, 0.3) is 16.0 Å². The second-order valence-electron chi connectivity index (χ2n) is 9.47. The van der Waals surface area contributed by atoms with Crippen molar-refractivity contribution in [1.82, 2.24) is 24.7 Å². The molecule has 4 heterocycles. The lowest BCUT2D eigenvalue weighted by atomic mass is 9.78. The van der Waals surface area contributed by atoms with Crippen molar-refractivity contribution < 1.29 is 21.9 Å². The van der Waals surface area contributed by atoms with Crippen molar-refractivity contribution in [3.05, 3.63) is 23.3 Å². The second kappa shape index (κ2) is 7.89. The lowest BCUT2D eigenvalue weighted by Crippen LogP contribution is -2.54. The fourth-order valence-electron chi connectivity index (χ4n) is 4.77. The summed E-state index contributed by atoms with van der Waals surface area (Å²) in [6, 6.07) is 5.09. The Labute approximate surface area is 203 Å². The van der Waals surface area contributed by atoms with Crippen LogP contribution < -0.4 is 9.62 Å². The molecule has 0 unspecified atom stereocenters. The Morgan fingerprint density at radius 3 is 2.66 bits per heavy atom. The molecule has 35 heavy (non-hydrogen) atoms. The van der Waals surface area contributed by atoms with Crippen molar-refractivity contribution in [3.8, 4) is 11.2 Å². The van der Waals surface area contributed by atoms with Gasteiger partial charge in [-0.3, -0.25) is 0 Å². The quantitative estimate of drug-likeness (QED) is 0.525. The smallest absolute Gasteiger partial charge is 0.291 e. The lowest BCUT2D eigenvalue weighted by molar-refractivity contribution is -0.117. The number of aromatic nitrogens is 4. The maximum absolute atomic E-state index is 13.3. The lowest BCUT2D eigenvalue weighted by Gasteiger charge is -2.49. The first kappa shape index (κ1) is 22.7. The summed E-state index contributed by atoms with van der Waals surface area (Å²) in [7, 11) is -4.04. The van der Waals surface area contributed by atoms with Gasteiger partial charge in [0.25, 0.3) is 6.43 Å². The normalized spacial score (nSPS) is 20.8.